The van der Waals surface area contributed by atoms with Gasteiger partial charge in [0.2, 0.25) is 15.9 Å². The van der Waals surface area contributed by atoms with Crippen molar-refractivity contribution in [2.24, 2.45) is 0 Å². The van der Waals surface area contributed by atoms with Crippen molar-refractivity contribution in [3.8, 4) is 0 Å². The quantitative estimate of drug-likeness (QED) is 0.584. The number of para-hydroxylation sites is 1. The van der Waals surface area contributed by atoms with Gasteiger partial charge < -0.3 is 5.32 Å². The summed E-state index contributed by atoms with van der Waals surface area (Å²) in [6.45, 7) is 3.29. The van der Waals surface area contributed by atoms with Crippen molar-refractivity contribution in [1.29, 1.82) is 0 Å². The van der Waals surface area contributed by atoms with E-state index in [1.54, 1.807) is 29.5 Å². The van der Waals surface area contributed by atoms with Crippen molar-refractivity contribution >= 4 is 43.2 Å². The van der Waals surface area contributed by atoms with E-state index in [1.807, 2.05) is 43.1 Å². The Bertz CT molecular complexity index is 1150. The molecule has 1 amide bonds. The number of nitrogens with one attached hydrogen (secondary N) is 1. The van der Waals surface area contributed by atoms with Gasteiger partial charge >= 0.3 is 0 Å². The van der Waals surface area contributed by atoms with E-state index in [2.05, 4.69) is 10.3 Å². The van der Waals surface area contributed by atoms with Crippen molar-refractivity contribution in [3.63, 3.8) is 0 Å². The van der Waals surface area contributed by atoms with Gasteiger partial charge in [-0.1, -0.05) is 18.2 Å². The summed E-state index contributed by atoms with van der Waals surface area (Å²) >= 11 is 1.63. The van der Waals surface area contributed by atoms with Gasteiger partial charge in [0.1, 0.15) is 5.01 Å². The molecular formula is C22H26N4O3S2. The van der Waals surface area contributed by atoms with Gasteiger partial charge in [0.25, 0.3) is 0 Å². The highest BCUT2D eigenvalue weighted by atomic mass is 32.2. The van der Waals surface area contributed by atoms with Crippen LogP contribution in [0.5, 0.6) is 0 Å². The van der Waals surface area contributed by atoms with E-state index >= 15 is 0 Å². The van der Waals surface area contributed by atoms with Crippen LogP contribution in [0.2, 0.25) is 0 Å². The van der Waals surface area contributed by atoms with Gasteiger partial charge in [-0.3, -0.25) is 9.69 Å². The number of benzene rings is 2. The average Bonchev–Trinajstić information content (AvgIpc) is 3.43. The second-order valence-electron chi connectivity index (χ2n) is 7.80. The molecule has 1 saturated heterocycles. The zero-order valence-corrected chi connectivity index (χ0v) is 19.2. The molecule has 1 aliphatic heterocycles. The number of aromatic nitrogens is 1. The van der Waals surface area contributed by atoms with Crippen LogP contribution in [0.3, 0.4) is 0 Å². The Hall–Kier alpha value is -2.33. The molecule has 1 atom stereocenters. The molecule has 1 aliphatic rings. The van der Waals surface area contributed by atoms with Crippen LogP contribution in [0.15, 0.2) is 53.4 Å². The Morgan fingerprint density at radius 1 is 1.19 bits per heavy atom. The highest BCUT2D eigenvalue weighted by Crippen LogP contribution is 2.29. The number of anilines is 1. The fraction of sp³-hybridized carbons (Fsp3) is 0.364. The average molecular weight is 459 g/mol. The molecule has 164 valence electrons. The predicted molar refractivity (Wildman–Crippen MR) is 124 cm³/mol. The van der Waals surface area contributed by atoms with E-state index in [1.165, 1.54) is 10.4 Å². The fourth-order valence-electron chi connectivity index (χ4n) is 3.63. The number of nitrogens with zero attached hydrogens (tertiary/aromatic N) is 3. The lowest BCUT2D eigenvalue weighted by atomic mass is 10.3. The zero-order chi connectivity index (χ0) is 22.0. The zero-order valence-electron chi connectivity index (χ0n) is 17.6. The molecular weight excluding hydrogens is 432 g/mol. The Balaban J connectivity index is 1.41. The summed E-state index contributed by atoms with van der Waals surface area (Å²) in [7, 11) is -1.64. The molecule has 2 aromatic carbocycles. The minimum atomic E-state index is -3.52. The van der Waals surface area contributed by atoms with Crippen LogP contribution in [0.4, 0.5) is 5.69 Å². The van der Waals surface area contributed by atoms with Gasteiger partial charge in [0, 0.05) is 18.8 Å². The molecule has 2 heterocycles. The minimum Gasteiger partial charge on any atom is -0.325 e. The molecule has 0 unspecified atom stereocenters. The monoisotopic (exact) mass is 458 g/mol. The third kappa shape index (κ3) is 4.79. The number of hydrogen-bond donors (Lipinski definition) is 1. The molecule has 0 radical (unpaired) electrons. The van der Waals surface area contributed by atoms with Crippen LogP contribution in [0, 0.1) is 0 Å². The molecule has 0 saturated carbocycles. The van der Waals surface area contributed by atoms with Crippen molar-refractivity contribution in [2.75, 3.05) is 32.0 Å². The standard InChI is InChI=1S/C22H26N4O3S2/c1-16(22-24-19-10-3-4-11-20(19)30-22)25(2)15-21(27)23-17-8-7-9-18(14-17)31(28,29)26-12-5-6-13-26/h3-4,7-11,14,16H,5-6,12-13,15H2,1-2H3,(H,23,27)/t16-/m0/s1. The maximum atomic E-state index is 12.8. The minimum absolute atomic E-state index is 0.0231. The molecule has 4 rings (SSSR count). The molecule has 31 heavy (non-hydrogen) atoms. The number of rotatable bonds is 7. The normalized spacial score (nSPS) is 16.1. The number of sulfonamides is 1. The summed E-state index contributed by atoms with van der Waals surface area (Å²) in [4.78, 5) is 19.4. The van der Waals surface area contributed by atoms with Crippen LogP contribution >= 0.6 is 11.3 Å². The third-order valence-electron chi connectivity index (χ3n) is 5.54. The summed E-state index contributed by atoms with van der Waals surface area (Å²) < 4.78 is 28.2. The van der Waals surface area contributed by atoms with Crippen molar-refractivity contribution in [1.82, 2.24) is 14.2 Å². The first kappa shape index (κ1) is 21.9. The highest BCUT2D eigenvalue weighted by Gasteiger charge is 2.27. The highest BCUT2D eigenvalue weighted by molar-refractivity contribution is 7.89. The van der Waals surface area contributed by atoms with Gasteiger partial charge in [-0.15, -0.1) is 11.3 Å². The topological polar surface area (TPSA) is 82.6 Å². The summed E-state index contributed by atoms with van der Waals surface area (Å²) in [6.07, 6.45) is 1.77. The smallest absolute Gasteiger partial charge is 0.243 e. The summed E-state index contributed by atoms with van der Waals surface area (Å²) in [5.41, 5.74) is 1.44. The van der Waals surface area contributed by atoms with Crippen molar-refractivity contribution in [3.05, 3.63) is 53.5 Å². The molecule has 3 aromatic rings. The molecule has 9 heteroatoms. The molecule has 0 spiro atoms. The van der Waals surface area contributed by atoms with E-state index in [-0.39, 0.29) is 23.4 Å². The van der Waals surface area contributed by atoms with Gasteiger partial charge in [-0.25, -0.2) is 13.4 Å². The Labute approximate surface area is 186 Å². The number of carbonyl (C=O) groups excluding carboxylic acids is 1. The number of fused-ring (bicyclic) bond motifs is 1. The summed E-state index contributed by atoms with van der Waals surface area (Å²) in [5, 5.41) is 3.78. The molecule has 7 nitrogen and oxygen atoms in total. The molecule has 0 aliphatic carbocycles. The van der Waals surface area contributed by atoms with E-state index in [0.717, 1.165) is 28.1 Å². The van der Waals surface area contributed by atoms with Gasteiger partial charge in [0.15, 0.2) is 0 Å². The lowest BCUT2D eigenvalue weighted by Crippen LogP contribution is -2.32. The number of hydrogen-bond acceptors (Lipinski definition) is 6. The van der Waals surface area contributed by atoms with E-state index in [9.17, 15) is 13.2 Å². The predicted octanol–water partition coefficient (Wildman–Crippen LogP) is 3.71. The SMILES string of the molecule is C[C@@H](c1nc2ccccc2s1)N(C)CC(=O)Nc1cccc(S(=O)(=O)N2CCCC2)c1. The van der Waals surface area contributed by atoms with E-state index in [0.29, 0.717) is 18.8 Å². The second kappa shape index (κ2) is 9.04. The van der Waals surface area contributed by atoms with Crippen LogP contribution in [-0.4, -0.2) is 55.2 Å². The van der Waals surface area contributed by atoms with Crippen LogP contribution in [-0.2, 0) is 14.8 Å². The van der Waals surface area contributed by atoms with Crippen LogP contribution in [0.25, 0.3) is 10.2 Å². The summed E-state index contributed by atoms with van der Waals surface area (Å²) in [6, 6.07) is 14.4. The third-order valence-corrected chi connectivity index (χ3v) is 8.64. The first-order chi connectivity index (χ1) is 14.8. The van der Waals surface area contributed by atoms with Crippen LogP contribution in [0.1, 0.15) is 30.8 Å². The molecule has 1 N–H and O–H groups in total. The molecule has 1 aromatic heterocycles. The molecule has 1 fully saturated rings. The summed E-state index contributed by atoms with van der Waals surface area (Å²) in [5.74, 6) is -0.203. The maximum Gasteiger partial charge on any atom is 0.243 e. The van der Waals surface area contributed by atoms with Crippen molar-refractivity contribution in [2.45, 2.75) is 30.7 Å². The van der Waals surface area contributed by atoms with Gasteiger partial charge in [0.05, 0.1) is 27.7 Å². The number of thiazole rings is 1. The Morgan fingerprint density at radius 2 is 1.94 bits per heavy atom. The van der Waals surface area contributed by atoms with Gasteiger partial charge in [-0.05, 0) is 57.1 Å². The van der Waals surface area contributed by atoms with Crippen molar-refractivity contribution < 1.29 is 13.2 Å². The first-order valence-corrected chi connectivity index (χ1v) is 12.6. The number of carbonyl (C=O) groups is 1. The maximum absolute atomic E-state index is 12.8. The number of amides is 1. The van der Waals surface area contributed by atoms with E-state index < -0.39 is 10.0 Å². The van der Waals surface area contributed by atoms with E-state index in [4.69, 9.17) is 0 Å². The number of likely N-dealkylation sites (N-methyl/N-ethyl adjacent to an activating group) is 1. The first-order valence-electron chi connectivity index (χ1n) is 10.3. The Kier molecular flexibility index (Phi) is 6.38. The lowest BCUT2D eigenvalue weighted by molar-refractivity contribution is -0.117. The van der Waals surface area contributed by atoms with Crippen LogP contribution < -0.4 is 5.32 Å². The second-order valence-corrected chi connectivity index (χ2v) is 10.8. The Morgan fingerprint density at radius 3 is 2.68 bits per heavy atom. The molecule has 0 bridgehead atoms. The fourth-order valence-corrected chi connectivity index (χ4v) is 6.28. The van der Waals surface area contributed by atoms with Gasteiger partial charge in [-0.2, -0.15) is 4.31 Å². The largest absolute Gasteiger partial charge is 0.325 e. The lowest BCUT2D eigenvalue weighted by Gasteiger charge is -2.22.